The Morgan fingerprint density at radius 1 is 0.967 bits per heavy atom. The molecule has 1 aromatic heterocycles. The van der Waals surface area contributed by atoms with Gasteiger partial charge in [0, 0.05) is 18.9 Å². The molecule has 3 heterocycles. The molecule has 0 saturated carbocycles. The first-order valence-electron chi connectivity index (χ1n) is 10.3. The van der Waals surface area contributed by atoms with Crippen LogP contribution < -0.4 is 15.0 Å². The Kier molecular flexibility index (Phi) is 5.38. The summed E-state index contributed by atoms with van der Waals surface area (Å²) in [7, 11) is 0. The van der Waals surface area contributed by atoms with Gasteiger partial charge in [0.1, 0.15) is 12.2 Å². The molecule has 0 bridgehead atoms. The van der Waals surface area contributed by atoms with Gasteiger partial charge in [-0.3, -0.25) is 9.36 Å². The van der Waals surface area contributed by atoms with Crippen molar-refractivity contribution in [2.45, 2.75) is 31.6 Å². The van der Waals surface area contributed by atoms with Crippen molar-refractivity contribution in [3.63, 3.8) is 0 Å². The molecule has 0 amide bonds. The summed E-state index contributed by atoms with van der Waals surface area (Å²) in [6.07, 6.45) is 3.16. The highest BCUT2D eigenvalue weighted by Crippen LogP contribution is 2.34. The van der Waals surface area contributed by atoms with E-state index in [0.717, 1.165) is 18.4 Å². The normalized spacial score (nSPS) is 21.2. The Morgan fingerprint density at radius 3 is 2.27 bits per heavy atom. The maximum absolute atomic E-state index is 13.2. The Hall–Kier alpha value is -2.90. The van der Waals surface area contributed by atoms with Crippen LogP contribution in [0.1, 0.15) is 18.4 Å². The van der Waals surface area contributed by atoms with E-state index in [1.54, 1.807) is 23.0 Å². The molecule has 2 saturated heterocycles. The Balaban J connectivity index is 1.52. The van der Waals surface area contributed by atoms with E-state index in [-0.39, 0.29) is 17.8 Å². The Labute approximate surface area is 174 Å². The van der Waals surface area contributed by atoms with Crippen molar-refractivity contribution in [3.8, 4) is 11.5 Å². The average Bonchev–Trinajstić information content (AvgIpc) is 3.46. The number of hydrogen-bond donors (Lipinski definition) is 0. The van der Waals surface area contributed by atoms with E-state index in [4.69, 9.17) is 18.9 Å². The SMILES string of the molecule is O=c1c2cc(OC3CCOC3)c(OC3CCOC3)cc2ncn1Cc1ccccc1. The lowest BCUT2D eigenvalue weighted by atomic mass is 10.2. The molecular weight excluding hydrogens is 384 g/mol. The Bertz CT molecular complexity index is 1070. The summed E-state index contributed by atoms with van der Waals surface area (Å²) in [6.45, 7) is 2.92. The second kappa shape index (κ2) is 8.45. The third-order valence-corrected chi connectivity index (χ3v) is 5.45. The van der Waals surface area contributed by atoms with Gasteiger partial charge in [0.2, 0.25) is 0 Å². The third kappa shape index (κ3) is 4.04. The van der Waals surface area contributed by atoms with Gasteiger partial charge in [-0.15, -0.1) is 0 Å². The van der Waals surface area contributed by atoms with Crippen molar-refractivity contribution in [2.24, 2.45) is 0 Å². The molecule has 3 aromatic rings. The quantitative estimate of drug-likeness (QED) is 0.625. The third-order valence-electron chi connectivity index (χ3n) is 5.45. The van der Waals surface area contributed by atoms with E-state index in [0.29, 0.717) is 55.4 Å². The molecule has 2 aliphatic heterocycles. The monoisotopic (exact) mass is 408 g/mol. The van der Waals surface area contributed by atoms with Gasteiger partial charge in [0.05, 0.1) is 50.2 Å². The lowest BCUT2D eigenvalue weighted by molar-refractivity contribution is 0.123. The molecule has 0 aliphatic carbocycles. The molecule has 7 heteroatoms. The molecule has 2 fully saturated rings. The zero-order valence-corrected chi connectivity index (χ0v) is 16.7. The average molecular weight is 408 g/mol. The maximum atomic E-state index is 13.2. The smallest absolute Gasteiger partial charge is 0.261 e. The summed E-state index contributed by atoms with van der Waals surface area (Å²) in [5.74, 6) is 1.15. The minimum Gasteiger partial charge on any atom is -0.484 e. The van der Waals surface area contributed by atoms with E-state index in [2.05, 4.69) is 4.98 Å². The van der Waals surface area contributed by atoms with Gasteiger partial charge < -0.3 is 18.9 Å². The first-order chi connectivity index (χ1) is 14.8. The van der Waals surface area contributed by atoms with Crippen LogP contribution in [-0.4, -0.2) is 48.2 Å². The summed E-state index contributed by atoms with van der Waals surface area (Å²) in [6, 6.07) is 13.4. The van der Waals surface area contributed by atoms with Gasteiger partial charge >= 0.3 is 0 Å². The molecule has 2 aromatic carbocycles. The summed E-state index contributed by atoms with van der Waals surface area (Å²) >= 11 is 0. The van der Waals surface area contributed by atoms with E-state index in [1.807, 2.05) is 30.3 Å². The first-order valence-corrected chi connectivity index (χ1v) is 10.3. The van der Waals surface area contributed by atoms with E-state index in [1.165, 1.54) is 0 Å². The van der Waals surface area contributed by atoms with Crippen LogP contribution in [0.2, 0.25) is 0 Å². The number of nitrogens with zero attached hydrogens (tertiary/aromatic N) is 2. The van der Waals surface area contributed by atoms with Crippen LogP contribution in [0.3, 0.4) is 0 Å². The van der Waals surface area contributed by atoms with Gasteiger partial charge in [-0.2, -0.15) is 0 Å². The molecule has 5 rings (SSSR count). The second-order valence-electron chi connectivity index (χ2n) is 7.69. The molecule has 0 spiro atoms. The topological polar surface area (TPSA) is 71.8 Å². The van der Waals surface area contributed by atoms with Crippen LogP contribution >= 0.6 is 0 Å². The number of hydrogen-bond acceptors (Lipinski definition) is 6. The molecule has 0 N–H and O–H groups in total. The van der Waals surface area contributed by atoms with Crippen molar-refractivity contribution in [1.29, 1.82) is 0 Å². The zero-order chi connectivity index (χ0) is 20.3. The van der Waals surface area contributed by atoms with Crippen molar-refractivity contribution in [1.82, 2.24) is 9.55 Å². The molecular formula is C23H24N2O5. The van der Waals surface area contributed by atoms with Crippen molar-refractivity contribution in [3.05, 3.63) is 64.7 Å². The van der Waals surface area contributed by atoms with Crippen molar-refractivity contribution >= 4 is 10.9 Å². The number of fused-ring (bicyclic) bond motifs is 1. The maximum Gasteiger partial charge on any atom is 0.261 e. The van der Waals surface area contributed by atoms with Gasteiger partial charge in [-0.25, -0.2) is 4.98 Å². The minimum atomic E-state index is -0.105. The van der Waals surface area contributed by atoms with Gasteiger partial charge in [-0.1, -0.05) is 30.3 Å². The lowest BCUT2D eigenvalue weighted by Crippen LogP contribution is -2.23. The number of rotatable bonds is 6. The summed E-state index contributed by atoms with van der Waals surface area (Å²) in [5, 5.41) is 0.511. The van der Waals surface area contributed by atoms with E-state index >= 15 is 0 Å². The van der Waals surface area contributed by atoms with Gasteiger partial charge in [0.25, 0.3) is 5.56 Å². The van der Waals surface area contributed by atoms with Crippen molar-refractivity contribution < 1.29 is 18.9 Å². The fourth-order valence-corrected chi connectivity index (χ4v) is 3.81. The van der Waals surface area contributed by atoms with Crippen molar-refractivity contribution in [2.75, 3.05) is 26.4 Å². The number of aromatic nitrogens is 2. The minimum absolute atomic E-state index is 0.0249. The fraction of sp³-hybridized carbons (Fsp3) is 0.391. The fourth-order valence-electron chi connectivity index (χ4n) is 3.81. The van der Waals surface area contributed by atoms with Gasteiger partial charge in [-0.05, 0) is 11.6 Å². The molecule has 30 heavy (non-hydrogen) atoms. The molecule has 156 valence electrons. The van der Waals surface area contributed by atoms with Gasteiger partial charge in [0.15, 0.2) is 11.5 Å². The predicted molar refractivity (Wildman–Crippen MR) is 111 cm³/mol. The second-order valence-corrected chi connectivity index (χ2v) is 7.69. The van der Waals surface area contributed by atoms with Crippen LogP contribution in [0.15, 0.2) is 53.6 Å². The lowest BCUT2D eigenvalue weighted by Gasteiger charge is -2.19. The largest absolute Gasteiger partial charge is 0.484 e. The highest BCUT2D eigenvalue weighted by molar-refractivity contribution is 5.81. The van der Waals surface area contributed by atoms with Crippen LogP contribution in [-0.2, 0) is 16.0 Å². The number of ether oxygens (including phenoxy) is 4. The molecule has 7 nitrogen and oxygen atoms in total. The molecule has 0 radical (unpaired) electrons. The Morgan fingerprint density at radius 2 is 1.63 bits per heavy atom. The highest BCUT2D eigenvalue weighted by Gasteiger charge is 2.24. The summed E-state index contributed by atoms with van der Waals surface area (Å²) in [4.78, 5) is 17.7. The first kappa shape index (κ1) is 19.1. The van der Waals surface area contributed by atoms with Crippen LogP contribution in [0.25, 0.3) is 10.9 Å². The van der Waals surface area contributed by atoms with Crippen LogP contribution in [0.5, 0.6) is 11.5 Å². The predicted octanol–water partition coefficient (Wildman–Crippen LogP) is 2.78. The van der Waals surface area contributed by atoms with E-state index in [9.17, 15) is 4.79 Å². The zero-order valence-electron chi connectivity index (χ0n) is 16.7. The standard InChI is InChI=1S/C23H24N2O5/c26-23-19-10-21(29-17-6-8-27-13-17)22(30-18-7-9-28-14-18)11-20(19)24-15-25(23)12-16-4-2-1-3-5-16/h1-5,10-11,15,17-18H,6-9,12-14H2. The molecule has 2 unspecified atom stereocenters. The van der Waals surface area contributed by atoms with Crippen LogP contribution in [0, 0.1) is 0 Å². The molecule has 2 atom stereocenters. The highest BCUT2D eigenvalue weighted by atomic mass is 16.6. The van der Waals surface area contributed by atoms with E-state index < -0.39 is 0 Å². The van der Waals surface area contributed by atoms with Crippen LogP contribution in [0.4, 0.5) is 0 Å². The number of benzene rings is 2. The summed E-state index contributed by atoms with van der Waals surface area (Å²) in [5.41, 5.74) is 1.53. The molecule has 2 aliphatic rings. The summed E-state index contributed by atoms with van der Waals surface area (Å²) < 4.78 is 24.8.